The molecule has 2 amide bonds. The van der Waals surface area contributed by atoms with Crippen molar-refractivity contribution >= 4 is 23.5 Å². The lowest BCUT2D eigenvalue weighted by atomic mass is 10.0. The fourth-order valence-electron chi connectivity index (χ4n) is 3.38. The van der Waals surface area contributed by atoms with Gasteiger partial charge in [-0.25, -0.2) is 14.6 Å². The Morgan fingerprint density at radius 3 is 2.93 bits per heavy atom. The van der Waals surface area contributed by atoms with Crippen LogP contribution in [-0.2, 0) is 16.6 Å². The van der Waals surface area contributed by atoms with Crippen LogP contribution in [0.5, 0.6) is 0 Å². The molecular formula is C17H18N6O4. The van der Waals surface area contributed by atoms with Gasteiger partial charge in [0.05, 0.1) is 19.5 Å². The smallest absolute Gasteiger partial charge is 0.356 e. The Morgan fingerprint density at radius 2 is 2.19 bits per heavy atom. The van der Waals surface area contributed by atoms with E-state index in [9.17, 15) is 14.4 Å². The number of esters is 1. The van der Waals surface area contributed by atoms with Crippen LogP contribution >= 0.6 is 0 Å². The molecule has 2 bridgehead atoms. The summed E-state index contributed by atoms with van der Waals surface area (Å²) in [5.41, 5.74) is 0.668. The summed E-state index contributed by atoms with van der Waals surface area (Å²) in [5.74, 6) is -0.399. The van der Waals surface area contributed by atoms with Gasteiger partial charge in [-0.1, -0.05) is 6.08 Å². The van der Waals surface area contributed by atoms with Gasteiger partial charge in [0.2, 0.25) is 0 Å². The number of hydrogen-bond acceptors (Lipinski definition) is 7. The number of nitrogens with one attached hydrogen (secondary N) is 1. The SMILES string of the molecule is COC(=O)C1=NC2C(C=C1)N1CC=C(C1)N2C(=O)Nc1cc(=O)n(C)cn1. The molecule has 0 spiro atoms. The molecule has 3 unspecified atom stereocenters. The topological polar surface area (TPSA) is 109 Å². The number of aliphatic imine (C=N–C) groups is 1. The minimum atomic E-state index is -0.599. The summed E-state index contributed by atoms with van der Waals surface area (Å²) in [6.45, 7) is 1.30. The number of ether oxygens (including phenoxy) is 1. The van der Waals surface area contributed by atoms with Gasteiger partial charge < -0.3 is 9.30 Å². The third-order valence-electron chi connectivity index (χ3n) is 4.78. The highest BCUT2D eigenvalue weighted by molar-refractivity contribution is 6.41. The van der Waals surface area contributed by atoms with Gasteiger partial charge in [0.25, 0.3) is 5.56 Å². The molecule has 4 heterocycles. The second-order valence-electron chi connectivity index (χ2n) is 6.42. The third kappa shape index (κ3) is 2.93. The van der Waals surface area contributed by atoms with E-state index in [1.165, 1.54) is 29.0 Å². The second kappa shape index (κ2) is 6.47. The van der Waals surface area contributed by atoms with Gasteiger partial charge in [0, 0.05) is 31.9 Å². The monoisotopic (exact) mass is 370 g/mol. The molecule has 10 nitrogen and oxygen atoms in total. The number of hydrogen-bond donors (Lipinski definition) is 1. The molecule has 3 aliphatic heterocycles. The second-order valence-corrected chi connectivity index (χ2v) is 6.42. The van der Waals surface area contributed by atoms with Crippen LogP contribution in [0, 0.1) is 0 Å². The van der Waals surface area contributed by atoms with Crippen molar-refractivity contribution in [3.8, 4) is 0 Å². The minimum absolute atomic E-state index is 0.150. The van der Waals surface area contributed by atoms with E-state index < -0.39 is 18.2 Å². The van der Waals surface area contributed by atoms with Gasteiger partial charge in [-0.15, -0.1) is 0 Å². The van der Waals surface area contributed by atoms with E-state index in [0.29, 0.717) is 13.1 Å². The molecule has 140 valence electrons. The van der Waals surface area contributed by atoms with Crippen LogP contribution in [0.15, 0.2) is 46.1 Å². The number of piperazine rings is 1. The zero-order chi connectivity index (χ0) is 19.1. The van der Waals surface area contributed by atoms with Crippen molar-refractivity contribution in [3.05, 3.63) is 46.7 Å². The zero-order valence-electron chi connectivity index (χ0n) is 14.8. The number of amides is 2. The maximum atomic E-state index is 12.9. The summed E-state index contributed by atoms with van der Waals surface area (Å²) < 4.78 is 6.05. The molecule has 0 radical (unpaired) electrons. The molecular weight excluding hydrogens is 352 g/mol. The van der Waals surface area contributed by atoms with E-state index in [1.807, 2.05) is 12.2 Å². The first-order valence-electron chi connectivity index (χ1n) is 8.38. The van der Waals surface area contributed by atoms with Crippen molar-refractivity contribution < 1.29 is 14.3 Å². The fourth-order valence-corrected chi connectivity index (χ4v) is 3.38. The number of aromatic nitrogens is 2. The average Bonchev–Trinajstić information content (AvgIpc) is 3.08. The Kier molecular flexibility index (Phi) is 4.11. The standard InChI is InChI=1S/C17H18N6O4/c1-21-9-18-13(7-14(21)24)20-17(26)23-10-5-6-22(8-10)12-4-3-11(16(25)27-2)19-15(12)23/h3-5,7,9,12,15H,6,8H2,1-2H3,(H,20,26). The quantitative estimate of drug-likeness (QED) is 0.717. The van der Waals surface area contributed by atoms with Crippen molar-refractivity contribution in [2.75, 3.05) is 25.5 Å². The van der Waals surface area contributed by atoms with Gasteiger partial charge >= 0.3 is 12.0 Å². The highest BCUT2D eigenvalue weighted by atomic mass is 16.5. The number of rotatable bonds is 2. The van der Waals surface area contributed by atoms with Crippen molar-refractivity contribution in [1.29, 1.82) is 0 Å². The minimum Gasteiger partial charge on any atom is -0.464 e. The highest BCUT2D eigenvalue weighted by Gasteiger charge is 2.44. The molecule has 3 aliphatic rings. The van der Waals surface area contributed by atoms with Crippen molar-refractivity contribution in [1.82, 2.24) is 19.4 Å². The number of fused-ring (bicyclic) bond motifs is 4. The predicted molar refractivity (Wildman–Crippen MR) is 96.2 cm³/mol. The van der Waals surface area contributed by atoms with E-state index in [4.69, 9.17) is 4.74 Å². The lowest BCUT2D eigenvalue weighted by molar-refractivity contribution is -0.132. The largest absolute Gasteiger partial charge is 0.464 e. The van der Waals surface area contributed by atoms with Crippen LogP contribution in [-0.4, -0.2) is 69.5 Å². The lowest BCUT2D eigenvalue weighted by Gasteiger charge is -2.43. The van der Waals surface area contributed by atoms with Gasteiger partial charge in [-0.05, 0) is 12.2 Å². The molecule has 10 heteroatoms. The van der Waals surface area contributed by atoms with Crippen molar-refractivity contribution in [2.24, 2.45) is 12.0 Å². The first-order valence-corrected chi connectivity index (χ1v) is 8.38. The molecule has 1 saturated heterocycles. The molecule has 1 aromatic rings. The fraction of sp³-hybridized carbons (Fsp3) is 0.353. The van der Waals surface area contributed by atoms with Crippen LogP contribution in [0.3, 0.4) is 0 Å². The van der Waals surface area contributed by atoms with Crippen molar-refractivity contribution in [3.63, 3.8) is 0 Å². The number of methoxy groups -OCH3 is 1. The maximum absolute atomic E-state index is 12.9. The van der Waals surface area contributed by atoms with Crippen molar-refractivity contribution in [2.45, 2.75) is 12.2 Å². The molecule has 1 aromatic heterocycles. The number of aryl methyl sites for hydroxylation is 1. The van der Waals surface area contributed by atoms with Gasteiger partial charge in [-0.3, -0.25) is 24.9 Å². The average molecular weight is 370 g/mol. The van der Waals surface area contributed by atoms with E-state index in [0.717, 1.165) is 5.70 Å². The van der Waals surface area contributed by atoms with Gasteiger partial charge in [-0.2, -0.15) is 0 Å². The number of nitrogens with zero attached hydrogens (tertiary/aromatic N) is 5. The number of carbonyl (C=O) groups is 2. The molecule has 1 N–H and O–H groups in total. The molecule has 0 aliphatic carbocycles. The van der Waals surface area contributed by atoms with Crippen LogP contribution in [0.4, 0.5) is 10.6 Å². The summed E-state index contributed by atoms with van der Waals surface area (Å²) >= 11 is 0. The van der Waals surface area contributed by atoms with E-state index in [-0.39, 0.29) is 23.1 Å². The number of urea groups is 1. The van der Waals surface area contributed by atoms with Gasteiger partial charge in [0.1, 0.15) is 17.7 Å². The number of dihydropyridines is 1. The Morgan fingerprint density at radius 1 is 1.37 bits per heavy atom. The Hall–Kier alpha value is -3.27. The molecule has 0 saturated carbocycles. The summed E-state index contributed by atoms with van der Waals surface area (Å²) in [5, 5.41) is 2.65. The normalized spacial score (nSPS) is 25.4. The van der Waals surface area contributed by atoms with Crippen LogP contribution in [0.2, 0.25) is 0 Å². The first-order chi connectivity index (χ1) is 13.0. The first kappa shape index (κ1) is 17.2. The lowest BCUT2D eigenvalue weighted by Crippen LogP contribution is -2.58. The summed E-state index contributed by atoms with van der Waals surface area (Å²) in [7, 11) is 2.86. The molecule has 3 atom stereocenters. The maximum Gasteiger partial charge on any atom is 0.356 e. The Labute approximate surface area is 154 Å². The summed E-state index contributed by atoms with van der Waals surface area (Å²) in [6.07, 6.45) is 6.17. The van der Waals surface area contributed by atoms with E-state index >= 15 is 0 Å². The Bertz CT molecular complexity index is 962. The third-order valence-corrected chi connectivity index (χ3v) is 4.78. The molecule has 1 fully saturated rings. The summed E-state index contributed by atoms with van der Waals surface area (Å²) in [6, 6.07) is 0.642. The van der Waals surface area contributed by atoms with Crippen LogP contribution < -0.4 is 10.9 Å². The molecule has 0 aromatic carbocycles. The molecule has 4 rings (SSSR count). The van der Waals surface area contributed by atoms with E-state index in [2.05, 4.69) is 20.2 Å². The molecule has 27 heavy (non-hydrogen) atoms. The summed E-state index contributed by atoms with van der Waals surface area (Å²) in [4.78, 5) is 48.7. The van der Waals surface area contributed by atoms with E-state index in [1.54, 1.807) is 13.1 Å². The highest BCUT2D eigenvalue weighted by Crippen LogP contribution is 2.32. The van der Waals surface area contributed by atoms with Gasteiger partial charge in [0.15, 0.2) is 0 Å². The van der Waals surface area contributed by atoms with Crippen LogP contribution in [0.1, 0.15) is 0 Å². The number of anilines is 1. The van der Waals surface area contributed by atoms with Crippen LogP contribution in [0.25, 0.3) is 0 Å². The number of carbonyl (C=O) groups excluding carboxylic acids is 2. The Balaban J connectivity index is 1.64. The predicted octanol–water partition coefficient (Wildman–Crippen LogP) is -0.294. The zero-order valence-corrected chi connectivity index (χ0v) is 14.8.